The number of hydrogen-bond donors (Lipinski definition) is 2. The van der Waals surface area contributed by atoms with Crippen molar-refractivity contribution in [3.63, 3.8) is 0 Å². The normalized spacial score (nSPS) is 11.0. The molecular weight excluding hydrogens is 366 g/mol. The van der Waals surface area contributed by atoms with Crippen LogP contribution in [-0.4, -0.2) is 37.9 Å². The first-order valence-electron chi connectivity index (χ1n) is 8.53. The molecule has 144 valence electrons. The minimum absolute atomic E-state index is 0.0907. The largest absolute Gasteiger partial charge is 0.356 e. The molecule has 0 aliphatic carbocycles. The van der Waals surface area contributed by atoms with Crippen LogP contribution < -0.4 is 10.0 Å². The van der Waals surface area contributed by atoms with Crippen molar-refractivity contribution in [3.8, 4) is 0 Å². The van der Waals surface area contributed by atoms with Crippen LogP contribution in [0.25, 0.3) is 0 Å². The summed E-state index contributed by atoms with van der Waals surface area (Å²) < 4.78 is 24.7. The number of aromatic nitrogens is 1. The quantitative estimate of drug-likeness (QED) is 0.639. The third-order valence-electron chi connectivity index (χ3n) is 3.74. The minimum atomic E-state index is -3.36. The summed E-state index contributed by atoms with van der Waals surface area (Å²) in [5.41, 5.74) is 2.67. The molecule has 7 nitrogen and oxygen atoms in total. The van der Waals surface area contributed by atoms with Crippen LogP contribution in [0.4, 0.5) is 5.69 Å². The third-order valence-corrected chi connectivity index (χ3v) is 4.35. The van der Waals surface area contributed by atoms with E-state index in [1.54, 1.807) is 0 Å². The predicted octanol–water partition coefficient (Wildman–Crippen LogP) is 2.08. The van der Waals surface area contributed by atoms with E-state index in [9.17, 15) is 18.0 Å². The van der Waals surface area contributed by atoms with Gasteiger partial charge in [0.2, 0.25) is 15.9 Å². The molecule has 0 fully saturated rings. The van der Waals surface area contributed by atoms with Gasteiger partial charge in [-0.1, -0.05) is 6.07 Å². The third kappa shape index (κ3) is 7.57. The molecule has 0 unspecified atom stereocenters. The number of carbonyl (C=O) groups excluding carboxylic acids is 2. The zero-order valence-electron chi connectivity index (χ0n) is 15.4. The first-order chi connectivity index (χ1) is 12.7. The lowest BCUT2D eigenvalue weighted by Crippen LogP contribution is -2.26. The minimum Gasteiger partial charge on any atom is -0.356 e. The first-order valence-corrected chi connectivity index (χ1v) is 10.4. The van der Waals surface area contributed by atoms with E-state index in [0.29, 0.717) is 24.2 Å². The van der Waals surface area contributed by atoms with Crippen molar-refractivity contribution < 1.29 is 18.0 Å². The molecule has 1 heterocycles. The topological polar surface area (TPSA) is 105 Å². The zero-order chi connectivity index (χ0) is 19.9. The van der Waals surface area contributed by atoms with Crippen molar-refractivity contribution in [2.45, 2.75) is 26.2 Å². The van der Waals surface area contributed by atoms with E-state index in [1.807, 2.05) is 25.1 Å². The number of amides is 1. The maximum Gasteiger partial charge on any atom is 0.229 e. The number of sulfonamides is 1. The number of ketones is 1. The maximum atomic E-state index is 12.1. The summed E-state index contributed by atoms with van der Waals surface area (Å²) >= 11 is 0. The van der Waals surface area contributed by atoms with Gasteiger partial charge >= 0.3 is 0 Å². The zero-order valence-corrected chi connectivity index (χ0v) is 16.2. The van der Waals surface area contributed by atoms with Crippen LogP contribution in [0.1, 0.15) is 34.6 Å². The Balaban J connectivity index is 1.75. The smallest absolute Gasteiger partial charge is 0.229 e. The molecule has 8 heteroatoms. The predicted molar refractivity (Wildman–Crippen MR) is 104 cm³/mol. The molecule has 1 aromatic carbocycles. The molecule has 0 aliphatic rings. The van der Waals surface area contributed by atoms with Crippen molar-refractivity contribution in [1.82, 2.24) is 10.3 Å². The van der Waals surface area contributed by atoms with Gasteiger partial charge in [0.15, 0.2) is 5.78 Å². The number of carbonyl (C=O) groups is 2. The Hall–Kier alpha value is -2.74. The Bertz CT molecular complexity index is 909. The SMILES string of the molecule is Cc1cccc(CCNC(=O)CCC(=O)c2ccc(NS(C)(=O)=O)cc2)n1. The summed E-state index contributed by atoms with van der Waals surface area (Å²) in [5, 5.41) is 2.78. The summed E-state index contributed by atoms with van der Waals surface area (Å²) in [4.78, 5) is 28.4. The van der Waals surface area contributed by atoms with E-state index in [2.05, 4.69) is 15.0 Å². The number of nitrogens with one attached hydrogen (secondary N) is 2. The van der Waals surface area contributed by atoms with Gasteiger partial charge in [0.05, 0.1) is 6.26 Å². The molecule has 2 N–H and O–H groups in total. The van der Waals surface area contributed by atoms with Crippen molar-refractivity contribution in [1.29, 1.82) is 0 Å². The van der Waals surface area contributed by atoms with E-state index in [-0.39, 0.29) is 24.5 Å². The van der Waals surface area contributed by atoms with E-state index in [4.69, 9.17) is 0 Å². The second kappa shape index (κ2) is 9.27. The van der Waals surface area contributed by atoms with Crippen LogP contribution in [0, 0.1) is 6.92 Å². The fourth-order valence-corrected chi connectivity index (χ4v) is 3.03. The van der Waals surface area contributed by atoms with E-state index in [1.165, 1.54) is 24.3 Å². The standard InChI is InChI=1S/C19H23N3O4S/c1-14-4-3-5-16(21-14)12-13-20-19(24)11-10-18(23)15-6-8-17(9-7-15)22-27(2,25)26/h3-9,22H,10-13H2,1-2H3,(H,20,24). The number of aryl methyl sites for hydroxylation is 1. The van der Waals surface area contributed by atoms with E-state index in [0.717, 1.165) is 17.6 Å². The number of Topliss-reactive ketones (excluding diaryl/α,β-unsaturated/α-hetero) is 1. The van der Waals surface area contributed by atoms with Gasteiger partial charge in [-0.05, 0) is 43.3 Å². The maximum absolute atomic E-state index is 12.1. The summed E-state index contributed by atoms with van der Waals surface area (Å²) in [6.45, 7) is 2.38. The lowest BCUT2D eigenvalue weighted by atomic mass is 10.1. The second-order valence-electron chi connectivity index (χ2n) is 6.25. The highest BCUT2D eigenvalue weighted by Gasteiger charge is 2.10. The van der Waals surface area contributed by atoms with Crippen LogP contribution in [0.15, 0.2) is 42.5 Å². The fourth-order valence-electron chi connectivity index (χ4n) is 2.47. The summed E-state index contributed by atoms with van der Waals surface area (Å²) in [5.74, 6) is -0.359. The Kier molecular flexibility index (Phi) is 7.06. The van der Waals surface area contributed by atoms with Gasteiger partial charge in [-0.25, -0.2) is 8.42 Å². The Morgan fingerprint density at radius 2 is 1.74 bits per heavy atom. The molecule has 2 aromatic rings. The molecule has 0 saturated carbocycles. The highest BCUT2D eigenvalue weighted by molar-refractivity contribution is 7.92. The average Bonchev–Trinajstić information content (AvgIpc) is 2.59. The Morgan fingerprint density at radius 3 is 2.37 bits per heavy atom. The van der Waals surface area contributed by atoms with Gasteiger partial charge in [-0.2, -0.15) is 0 Å². The van der Waals surface area contributed by atoms with E-state index < -0.39 is 10.0 Å². The molecular formula is C19H23N3O4S. The molecule has 1 aromatic heterocycles. The molecule has 0 atom stereocenters. The molecule has 0 saturated heterocycles. The van der Waals surface area contributed by atoms with Gasteiger partial charge in [0.25, 0.3) is 0 Å². The van der Waals surface area contributed by atoms with Crippen LogP contribution in [-0.2, 0) is 21.2 Å². The van der Waals surface area contributed by atoms with Crippen molar-refractivity contribution >= 4 is 27.4 Å². The second-order valence-corrected chi connectivity index (χ2v) is 7.99. The summed E-state index contributed by atoms with van der Waals surface area (Å²) in [7, 11) is -3.36. The van der Waals surface area contributed by atoms with Crippen molar-refractivity contribution in [3.05, 3.63) is 59.4 Å². The molecule has 0 aliphatic heterocycles. The fraction of sp³-hybridized carbons (Fsp3) is 0.316. The monoisotopic (exact) mass is 389 g/mol. The van der Waals surface area contributed by atoms with Crippen LogP contribution in [0.3, 0.4) is 0 Å². The van der Waals surface area contributed by atoms with Gasteiger partial charge in [0.1, 0.15) is 0 Å². The van der Waals surface area contributed by atoms with Gasteiger partial charge in [-0.15, -0.1) is 0 Å². The molecule has 0 radical (unpaired) electrons. The molecule has 0 bridgehead atoms. The molecule has 1 amide bonds. The first kappa shape index (κ1) is 20.6. The lowest BCUT2D eigenvalue weighted by Gasteiger charge is -2.07. The number of nitrogens with zero attached hydrogens (tertiary/aromatic N) is 1. The number of anilines is 1. The highest BCUT2D eigenvalue weighted by atomic mass is 32.2. The van der Waals surface area contributed by atoms with Crippen molar-refractivity contribution in [2.24, 2.45) is 0 Å². The average molecular weight is 389 g/mol. The van der Waals surface area contributed by atoms with Gasteiger partial charge in [0, 0.05) is 48.4 Å². The van der Waals surface area contributed by atoms with Gasteiger partial charge in [-0.3, -0.25) is 19.3 Å². The lowest BCUT2D eigenvalue weighted by molar-refractivity contribution is -0.121. The van der Waals surface area contributed by atoms with E-state index >= 15 is 0 Å². The molecule has 27 heavy (non-hydrogen) atoms. The summed E-state index contributed by atoms with van der Waals surface area (Å²) in [6.07, 6.45) is 1.88. The number of rotatable bonds is 9. The molecule has 2 rings (SSSR count). The molecule has 0 spiro atoms. The van der Waals surface area contributed by atoms with Crippen molar-refractivity contribution in [2.75, 3.05) is 17.5 Å². The number of benzene rings is 1. The van der Waals surface area contributed by atoms with Crippen LogP contribution in [0.2, 0.25) is 0 Å². The number of hydrogen-bond acceptors (Lipinski definition) is 5. The van der Waals surface area contributed by atoms with Crippen LogP contribution in [0.5, 0.6) is 0 Å². The number of pyridine rings is 1. The Morgan fingerprint density at radius 1 is 1.04 bits per heavy atom. The highest BCUT2D eigenvalue weighted by Crippen LogP contribution is 2.13. The van der Waals surface area contributed by atoms with Gasteiger partial charge < -0.3 is 5.32 Å². The van der Waals surface area contributed by atoms with Crippen LogP contribution >= 0.6 is 0 Å². The Labute approximate surface area is 159 Å². The summed E-state index contributed by atoms with van der Waals surface area (Å²) in [6, 6.07) is 11.9.